The molecule has 0 atom stereocenters. The Bertz CT molecular complexity index is 450. The van der Waals surface area contributed by atoms with Crippen LogP contribution in [0, 0.1) is 0 Å². The molecule has 1 heterocycles. The van der Waals surface area contributed by atoms with E-state index in [4.69, 9.17) is 0 Å². The predicted octanol–water partition coefficient (Wildman–Crippen LogP) is 2.75. The molecule has 0 spiro atoms. The van der Waals surface area contributed by atoms with Gasteiger partial charge in [0.05, 0.1) is 0 Å². The molecule has 0 unspecified atom stereocenters. The lowest BCUT2D eigenvalue weighted by Gasteiger charge is -2.24. The second-order valence-electron chi connectivity index (χ2n) is 6.18. The largest absolute Gasteiger partial charge is 0.337 e. The molecule has 4 nitrogen and oxygen atoms in total. The van der Waals surface area contributed by atoms with Gasteiger partial charge in [0, 0.05) is 30.4 Å². The van der Waals surface area contributed by atoms with Crippen LogP contribution in [0.1, 0.15) is 50.5 Å². The van der Waals surface area contributed by atoms with Gasteiger partial charge in [0.1, 0.15) is 0 Å². The number of pyridine rings is 1. The summed E-state index contributed by atoms with van der Waals surface area (Å²) < 4.78 is 0. The van der Waals surface area contributed by atoms with E-state index >= 15 is 0 Å². The summed E-state index contributed by atoms with van der Waals surface area (Å²) in [5, 5.41) is 6.16. The third-order valence-corrected chi connectivity index (χ3v) is 4.66. The molecule has 2 aliphatic rings. The molecule has 0 radical (unpaired) electrons. The van der Waals surface area contributed by atoms with Crippen LogP contribution < -0.4 is 10.6 Å². The molecule has 0 aliphatic heterocycles. The van der Waals surface area contributed by atoms with Crippen LogP contribution >= 0.6 is 0 Å². The molecule has 108 valence electrons. The Labute approximate surface area is 120 Å². The average Bonchev–Trinajstić information content (AvgIpc) is 3.28. The Kier molecular flexibility index (Phi) is 3.90. The highest BCUT2D eigenvalue weighted by Crippen LogP contribution is 2.47. The highest BCUT2D eigenvalue weighted by Gasteiger charge is 2.44. The van der Waals surface area contributed by atoms with Crippen molar-refractivity contribution >= 4 is 6.03 Å². The van der Waals surface area contributed by atoms with Gasteiger partial charge in [0.15, 0.2) is 0 Å². The number of aromatic nitrogens is 1. The molecule has 1 aromatic heterocycles. The van der Waals surface area contributed by atoms with Gasteiger partial charge >= 0.3 is 6.03 Å². The van der Waals surface area contributed by atoms with Crippen molar-refractivity contribution in [3.05, 3.63) is 30.1 Å². The minimum atomic E-state index is -0.00735. The maximum atomic E-state index is 12.0. The SMILES string of the molecule is O=C(NCC1(c2cccnc2)CC1)NC1CCCCC1. The van der Waals surface area contributed by atoms with Crippen LogP contribution in [-0.4, -0.2) is 23.6 Å². The van der Waals surface area contributed by atoms with E-state index in [1.54, 1.807) is 6.20 Å². The first kappa shape index (κ1) is 13.4. The molecule has 20 heavy (non-hydrogen) atoms. The zero-order chi connectivity index (χ0) is 13.8. The van der Waals surface area contributed by atoms with Gasteiger partial charge in [-0.15, -0.1) is 0 Å². The summed E-state index contributed by atoms with van der Waals surface area (Å²) in [5.41, 5.74) is 1.39. The minimum absolute atomic E-state index is 0.00735. The first-order chi connectivity index (χ1) is 9.78. The third kappa shape index (κ3) is 3.11. The second kappa shape index (κ2) is 5.81. The van der Waals surface area contributed by atoms with Crippen LogP contribution in [0.4, 0.5) is 4.79 Å². The zero-order valence-corrected chi connectivity index (χ0v) is 11.9. The van der Waals surface area contributed by atoms with Gasteiger partial charge in [0.25, 0.3) is 0 Å². The lowest BCUT2D eigenvalue weighted by Crippen LogP contribution is -2.45. The average molecular weight is 273 g/mol. The van der Waals surface area contributed by atoms with Crippen molar-refractivity contribution in [2.45, 2.75) is 56.4 Å². The fourth-order valence-electron chi connectivity index (χ4n) is 3.13. The van der Waals surface area contributed by atoms with Crippen molar-refractivity contribution in [3.8, 4) is 0 Å². The van der Waals surface area contributed by atoms with Crippen molar-refractivity contribution in [3.63, 3.8) is 0 Å². The standard InChI is InChI=1S/C16H23N3O/c20-15(19-14-6-2-1-3-7-14)18-12-16(8-9-16)13-5-4-10-17-11-13/h4-5,10-11,14H,1-3,6-9,12H2,(H2,18,19,20). The molecule has 1 aromatic rings. The Balaban J connectivity index is 1.48. The molecule has 0 aromatic carbocycles. The normalized spacial score (nSPS) is 21.2. The van der Waals surface area contributed by atoms with Crippen LogP contribution in [0.2, 0.25) is 0 Å². The number of urea groups is 1. The fraction of sp³-hybridized carbons (Fsp3) is 0.625. The maximum Gasteiger partial charge on any atom is 0.315 e. The molecule has 0 saturated heterocycles. The molecular formula is C16H23N3O. The van der Waals surface area contributed by atoms with Crippen LogP contribution in [0.3, 0.4) is 0 Å². The first-order valence-electron chi connectivity index (χ1n) is 7.73. The summed E-state index contributed by atoms with van der Waals surface area (Å²) in [5.74, 6) is 0. The van der Waals surface area contributed by atoms with Gasteiger partial charge in [-0.2, -0.15) is 0 Å². The number of carbonyl (C=O) groups excluding carboxylic acids is 1. The number of amides is 2. The first-order valence-corrected chi connectivity index (χ1v) is 7.73. The van der Waals surface area contributed by atoms with E-state index in [0.717, 1.165) is 32.2 Å². The summed E-state index contributed by atoms with van der Waals surface area (Å²) in [6, 6.07) is 4.45. The van der Waals surface area contributed by atoms with Gasteiger partial charge < -0.3 is 10.6 Å². The van der Waals surface area contributed by atoms with E-state index in [1.807, 2.05) is 12.3 Å². The summed E-state index contributed by atoms with van der Waals surface area (Å²) in [7, 11) is 0. The van der Waals surface area contributed by atoms with Gasteiger partial charge in [-0.25, -0.2) is 4.79 Å². The van der Waals surface area contributed by atoms with Gasteiger partial charge in [-0.05, 0) is 37.3 Å². The maximum absolute atomic E-state index is 12.0. The van der Waals surface area contributed by atoms with Crippen LogP contribution in [0.5, 0.6) is 0 Å². The monoisotopic (exact) mass is 273 g/mol. The molecule has 2 fully saturated rings. The Morgan fingerprint density at radius 3 is 2.75 bits per heavy atom. The van der Waals surface area contributed by atoms with Crippen LogP contribution in [0.15, 0.2) is 24.5 Å². The van der Waals surface area contributed by atoms with Crippen molar-refractivity contribution in [2.24, 2.45) is 0 Å². The molecule has 2 amide bonds. The van der Waals surface area contributed by atoms with E-state index in [-0.39, 0.29) is 11.4 Å². The smallest absolute Gasteiger partial charge is 0.315 e. The highest BCUT2D eigenvalue weighted by molar-refractivity contribution is 5.74. The van der Waals surface area contributed by atoms with Crippen molar-refractivity contribution in [1.29, 1.82) is 0 Å². The van der Waals surface area contributed by atoms with Crippen LogP contribution in [0.25, 0.3) is 0 Å². The highest BCUT2D eigenvalue weighted by atomic mass is 16.2. The molecule has 4 heteroatoms. The number of nitrogens with zero attached hydrogens (tertiary/aromatic N) is 1. The summed E-state index contributed by atoms with van der Waals surface area (Å²) in [6.07, 6.45) is 12.0. The molecule has 3 rings (SSSR count). The second-order valence-corrected chi connectivity index (χ2v) is 6.18. The van der Waals surface area contributed by atoms with Crippen molar-refractivity contribution in [1.82, 2.24) is 15.6 Å². The van der Waals surface area contributed by atoms with Gasteiger partial charge in [-0.3, -0.25) is 4.98 Å². The van der Waals surface area contributed by atoms with E-state index in [9.17, 15) is 4.79 Å². The van der Waals surface area contributed by atoms with E-state index in [1.165, 1.54) is 24.8 Å². The summed E-state index contributed by atoms with van der Waals surface area (Å²) >= 11 is 0. The fourth-order valence-corrected chi connectivity index (χ4v) is 3.13. The topological polar surface area (TPSA) is 54.0 Å². The molecule has 2 N–H and O–H groups in total. The molecule has 2 saturated carbocycles. The lowest BCUT2D eigenvalue weighted by molar-refractivity contribution is 0.231. The molecule has 2 aliphatic carbocycles. The third-order valence-electron chi connectivity index (χ3n) is 4.66. The quantitative estimate of drug-likeness (QED) is 0.886. The number of nitrogens with one attached hydrogen (secondary N) is 2. The number of hydrogen-bond donors (Lipinski definition) is 2. The predicted molar refractivity (Wildman–Crippen MR) is 78.6 cm³/mol. The van der Waals surface area contributed by atoms with Gasteiger partial charge in [-0.1, -0.05) is 25.3 Å². The van der Waals surface area contributed by atoms with E-state index in [0.29, 0.717) is 6.04 Å². The summed E-state index contributed by atoms with van der Waals surface area (Å²) in [6.45, 7) is 0.719. The Morgan fingerprint density at radius 1 is 1.30 bits per heavy atom. The van der Waals surface area contributed by atoms with Crippen molar-refractivity contribution in [2.75, 3.05) is 6.54 Å². The van der Waals surface area contributed by atoms with Gasteiger partial charge in [0.2, 0.25) is 0 Å². The Hall–Kier alpha value is -1.58. The number of hydrogen-bond acceptors (Lipinski definition) is 2. The lowest BCUT2D eigenvalue weighted by atomic mass is 9.95. The van der Waals surface area contributed by atoms with E-state index < -0.39 is 0 Å². The Morgan fingerprint density at radius 2 is 2.10 bits per heavy atom. The number of rotatable bonds is 4. The van der Waals surface area contributed by atoms with E-state index in [2.05, 4.69) is 21.7 Å². The van der Waals surface area contributed by atoms with Crippen molar-refractivity contribution < 1.29 is 4.79 Å². The number of carbonyl (C=O) groups is 1. The van der Waals surface area contributed by atoms with Crippen LogP contribution in [-0.2, 0) is 5.41 Å². The molecular weight excluding hydrogens is 250 g/mol. The zero-order valence-electron chi connectivity index (χ0n) is 11.9. The minimum Gasteiger partial charge on any atom is -0.337 e. The molecule has 0 bridgehead atoms. The summed E-state index contributed by atoms with van der Waals surface area (Å²) in [4.78, 5) is 16.2.